The molecule has 0 aromatic carbocycles. The zero-order valence-corrected chi connectivity index (χ0v) is 14.4. The van der Waals surface area contributed by atoms with E-state index in [-0.39, 0.29) is 23.2 Å². The second-order valence-corrected chi connectivity index (χ2v) is 6.57. The fourth-order valence-corrected chi connectivity index (χ4v) is 2.99. The van der Waals surface area contributed by atoms with Gasteiger partial charge in [0.25, 0.3) is 0 Å². The average molecular weight is 359 g/mol. The van der Waals surface area contributed by atoms with Crippen molar-refractivity contribution in [2.45, 2.75) is 32.7 Å². The number of carbonyl (C=O) groups excluding carboxylic acids is 3. The molecule has 1 aliphatic rings. The normalized spacial score (nSPS) is 20.6. The van der Waals surface area contributed by atoms with Crippen LogP contribution in [0, 0.1) is 5.92 Å². The predicted molar refractivity (Wildman–Crippen MR) is 85.6 cm³/mol. The van der Waals surface area contributed by atoms with Crippen molar-refractivity contribution in [2.24, 2.45) is 5.92 Å². The summed E-state index contributed by atoms with van der Waals surface area (Å²) in [6.07, 6.45) is 1.32. The van der Waals surface area contributed by atoms with Crippen LogP contribution in [0.2, 0.25) is 10.2 Å². The highest BCUT2D eigenvalue weighted by Crippen LogP contribution is 2.38. The highest BCUT2D eigenvalue weighted by Gasteiger charge is 2.50. The van der Waals surface area contributed by atoms with Gasteiger partial charge in [0.1, 0.15) is 5.15 Å². The van der Waals surface area contributed by atoms with Gasteiger partial charge in [-0.15, -0.1) is 0 Å². The van der Waals surface area contributed by atoms with Crippen molar-refractivity contribution >= 4 is 46.5 Å². The number of ketones is 1. The molecule has 6 nitrogen and oxygen atoms in total. The number of amides is 1. The van der Waals surface area contributed by atoms with Crippen molar-refractivity contribution < 1.29 is 19.1 Å². The van der Waals surface area contributed by atoms with Crippen molar-refractivity contribution in [3.05, 3.63) is 22.4 Å². The maximum atomic E-state index is 12.8. The van der Waals surface area contributed by atoms with Crippen LogP contribution in [0.3, 0.4) is 0 Å². The molecule has 1 aromatic rings. The molecule has 8 heteroatoms. The van der Waals surface area contributed by atoms with Crippen LogP contribution < -0.4 is 4.90 Å². The molecular formula is C15H16Cl2N2O4. The van der Waals surface area contributed by atoms with Gasteiger partial charge in [0.2, 0.25) is 5.91 Å². The van der Waals surface area contributed by atoms with Gasteiger partial charge >= 0.3 is 5.97 Å². The number of halogens is 2. The number of pyridine rings is 1. The zero-order chi connectivity index (χ0) is 17.4. The third kappa shape index (κ3) is 3.33. The second-order valence-electron chi connectivity index (χ2n) is 5.77. The molecule has 1 amide bonds. The summed E-state index contributed by atoms with van der Waals surface area (Å²) in [5.41, 5.74) is -0.547. The highest BCUT2D eigenvalue weighted by atomic mass is 35.5. The predicted octanol–water partition coefficient (Wildman–Crippen LogP) is 2.65. The minimum Gasteiger partial charge on any atom is -0.465 e. The maximum absolute atomic E-state index is 12.8. The Morgan fingerprint density at radius 2 is 2.09 bits per heavy atom. The minimum absolute atomic E-state index is 0.00150. The molecule has 0 aliphatic carbocycles. The number of piperidine rings is 1. The summed E-state index contributed by atoms with van der Waals surface area (Å²) < 4.78 is 4.85. The van der Waals surface area contributed by atoms with Crippen LogP contribution in [-0.2, 0) is 19.1 Å². The van der Waals surface area contributed by atoms with Crippen molar-refractivity contribution in [3.8, 4) is 0 Å². The zero-order valence-electron chi connectivity index (χ0n) is 12.9. The lowest BCUT2D eigenvalue weighted by Crippen LogP contribution is -2.60. The molecule has 1 aromatic heterocycles. The van der Waals surface area contributed by atoms with Crippen LogP contribution in [0.5, 0.6) is 0 Å². The van der Waals surface area contributed by atoms with E-state index in [1.807, 2.05) is 0 Å². The molecule has 2 heterocycles. The van der Waals surface area contributed by atoms with Crippen LogP contribution in [0.4, 0.5) is 5.69 Å². The van der Waals surface area contributed by atoms with Gasteiger partial charge in [0.05, 0.1) is 17.3 Å². The van der Waals surface area contributed by atoms with Gasteiger partial charge in [0.15, 0.2) is 11.7 Å². The number of rotatable bonds is 3. The molecule has 1 aliphatic heterocycles. The van der Waals surface area contributed by atoms with Crippen LogP contribution in [0.1, 0.15) is 27.2 Å². The monoisotopic (exact) mass is 358 g/mol. The molecule has 2 rings (SSSR count). The standard InChI is InChI=1S/C15H16Cl2N2O4/c1-4-23-14(22)12-10(20)6-15(2,3)19(13(12)21)9-5-11(17)18-7-8(9)16/h5,7,12H,4,6H2,1-3H3. The van der Waals surface area contributed by atoms with Crippen molar-refractivity contribution in [1.29, 1.82) is 0 Å². The van der Waals surface area contributed by atoms with Gasteiger partial charge in [-0.2, -0.15) is 0 Å². The summed E-state index contributed by atoms with van der Waals surface area (Å²) in [6.45, 7) is 5.13. The lowest BCUT2D eigenvalue weighted by atomic mass is 9.82. The van der Waals surface area contributed by atoms with E-state index in [4.69, 9.17) is 27.9 Å². The average Bonchev–Trinajstić information content (AvgIpc) is 2.41. The largest absolute Gasteiger partial charge is 0.465 e. The summed E-state index contributed by atoms with van der Waals surface area (Å²) in [4.78, 5) is 42.2. The topological polar surface area (TPSA) is 76.6 Å². The van der Waals surface area contributed by atoms with E-state index < -0.39 is 29.1 Å². The Bertz CT molecular complexity index is 675. The molecule has 0 radical (unpaired) electrons. The maximum Gasteiger partial charge on any atom is 0.326 e. The fraction of sp³-hybridized carbons (Fsp3) is 0.467. The van der Waals surface area contributed by atoms with E-state index in [9.17, 15) is 14.4 Å². The third-order valence-corrected chi connectivity index (χ3v) is 4.06. The number of ether oxygens (including phenoxy) is 1. The van der Waals surface area contributed by atoms with E-state index in [1.54, 1.807) is 20.8 Å². The first kappa shape index (κ1) is 17.7. The fourth-order valence-electron chi connectivity index (χ4n) is 2.65. The van der Waals surface area contributed by atoms with Gasteiger partial charge in [-0.3, -0.25) is 14.4 Å². The third-order valence-electron chi connectivity index (χ3n) is 3.57. The van der Waals surface area contributed by atoms with Gasteiger partial charge in [-0.05, 0) is 20.8 Å². The smallest absolute Gasteiger partial charge is 0.326 e. The number of hydrogen-bond acceptors (Lipinski definition) is 5. The quantitative estimate of drug-likeness (QED) is 0.471. The number of esters is 1. The number of carbonyl (C=O) groups is 3. The van der Waals surface area contributed by atoms with Crippen LogP contribution in [0.25, 0.3) is 0 Å². The van der Waals surface area contributed by atoms with E-state index in [0.717, 1.165) is 0 Å². The van der Waals surface area contributed by atoms with Crippen molar-refractivity contribution in [2.75, 3.05) is 11.5 Å². The molecule has 1 unspecified atom stereocenters. The molecule has 0 N–H and O–H groups in total. The number of aromatic nitrogens is 1. The lowest BCUT2D eigenvalue weighted by molar-refractivity contribution is -0.156. The summed E-state index contributed by atoms with van der Waals surface area (Å²) in [5.74, 6) is -3.47. The molecule has 1 saturated heterocycles. The molecule has 23 heavy (non-hydrogen) atoms. The number of anilines is 1. The molecule has 0 spiro atoms. The van der Waals surface area contributed by atoms with Crippen molar-refractivity contribution in [1.82, 2.24) is 4.98 Å². The Balaban J connectivity index is 2.51. The Kier molecular flexibility index (Phi) is 4.96. The first-order valence-electron chi connectivity index (χ1n) is 7.03. The Morgan fingerprint density at radius 1 is 1.43 bits per heavy atom. The van der Waals surface area contributed by atoms with Crippen molar-refractivity contribution in [3.63, 3.8) is 0 Å². The van der Waals surface area contributed by atoms with E-state index in [2.05, 4.69) is 4.98 Å². The summed E-state index contributed by atoms with van der Waals surface area (Å²) >= 11 is 12.0. The first-order valence-corrected chi connectivity index (χ1v) is 7.79. The van der Waals surface area contributed by atoms with Gasteiger partial charge in [-0.1, -0.05) is 23.2 Å². The Morgan fingerprint density at radius 3 is 2.70 bits per heavy atom. The second kappa shape index (κ2) is 6.45. The molecule has 0 bridgehead atoms. The van der Waals surface area contributed by atoms with Crippen LogP contribution >= 0.6 is 23.2 Å². The van der Waals surface area contributed by atoms with E-state index >= 15 is 0 Å². The SMILES string of the molecule is CCOC(=O)C1C(=O)CC(C)(C)N(c2cc(Cl)ncc2Cl)C1=O. The lowest BCUT2D eigenvalue weighted by Gasteiger charge is -2.43. The van der Waals surface area contributed by atoms with E-state index in [0.29, 0.717) is 5.69 Å². The van der Waals surface area contributed by atoms with Crippen LogP contribution in [-0.4, -0.2) is 34.8 Å². The minimum atomic E-state index is -1.48. The van der Waals surface area contributed by atoms with Gasteiger partial charge in [-0.25, -0.2) is 4.98 Å². The molecule has 1 fully saturated rings. The molecule has 1 atom stereocenters. The number of Topliss-reactive ketones (excluding diaryl/α,β-unsaturated/α-hetero) is 1. The van der Waals surface area contributed by atoms with Gasteiger partial charge < -0.3 is 9.64 Å². The summed E-state index contributed by atoms with van der Waals surface area (Å²) in [6, 6.07) is 1.43. The molecule has 124 valence electrons. The first-order chi connectivity index (χ1) is 10.7. The van der Waals surface area contributed by atoms with Crippen LogP contribution in [0.15, 0.2) is 12.3 Å². The number of hydrogen-bond donors (Lipinski definition) is 0. The Hall–Kier alpha value is -1.66. The highest BCUT2D eigenvalue weighted by molar-refractivity contribution is 6.36. The molecule has 0 saturated carbocycles. The Labute approximate surface area is 143 Å². The number of nitrogens with zero attached hydrogens (tertiary/aromatic N) is 2. The van der Waals surface area contributed by atoms with E-state index in [1.165, 1.54) is 17.2 Å². The summed E-state index contributed by atoms with van der Waals surface area (Å²) in [7, 11) is 0. The molecular weight excluding hydrogens is 343 g/mol. The van der Waals surface area contributed by atoms with Gasteiger partial charge in [0, 0.05) is 24.2 Å². The summed E-state index contributed by atoms with van der Waals surface area (Å²) in [5, 5.41) is 0.352.